The number of carbonyl (C=O) groups excluding carboxylic acids is 1. The summed E-state index contributed by atoms with van der Waals surface area (Å²) < 4.78 is 5.57. The molecule has 7 heteroatoms. The van der Waals surface area contributed by atoms with Gasteiger partial charge < -0.3 is 20.2 Å². The Hall–Kier alpha value is -1.44. The van der Waals surface area contributed by atoms with Crippen LogP contribution in [0.15, 0.2) is 12.2 Å². The number of aliphatic hydroxyl groups excluding tert-OH is 1. The second kappa shape index (κ2) is 7.63. The highest BCUT2D eigenvalue weighted by Crippen LogP contribution is 2.38. The van der Waals surface area contributed by atoms with Crippen molar-refractivity contribution in [3.05, 3.63) is 12.2 Å². The molecule has 0 aromatic heterocycles. The van der Waals surface area contributed by atoms with Crippen LogP contribution < -0.4 is 0 Å². The van der Waals surface area contributed by atoms with Crippen LogP contribution in [0.1, 0.15) is 53.9 Å². The fraction of sp³-hybridized carbons (Fsp3) is 0.765. The molecule has 138 valence electrons. The van der Waals surface area contributed by atoms with Crippen molar-refractivity contribution in [2.45, 2.75) is 77.2 Å². The van der Waals surface area contributed by atoms with E-state index < -0.39 is 35.0 Å². The van der Waals surface area contributed by atoms with Crippen molar-refractivity contribution < 1.29 is 29.7 Å². The highest BCUT2D eigenvalue weighted by molar-refractivity contribution is 5.79. The van der Waals surface area contributed by atoms with Crippen LogP contribution in [0.25, 0.3) is 0 Å². The third kappa shape index (κ3) is 5.58. The SMILES string of the molecule is CC(CC(O)C=CC(=O)O)C(=O)OC1CC(C)(C)N(O)C(C)(C)C1. The summed E-state index contributed by atoms with van der Waals surface area (Å²) in [5.41, 5.74) is -1.03. The molecule has 7 nitrogen and oxygen atoms in total. The molecule has 0 aliphatic carbocycles. The summed E-state index contributed by atoms with van der Waals surface area (Å²) >= 11 is 0. The minimum Gasteiger partial charge on any atom is -0.478 e. The number of carbonyl (C=O) groups is 2. The van der Waals surface area contributed by atoms with Crippen molar-refractivity contribution in [3.8, 4) is 0 Å². The molecule has 1 rings (SSSR count). The quantitative estimate of drug-likeness (QED) is 0.500. The van der Waals surface area contributed by atoms with Crippen LogP contribution >= 0.6 is 0 Å². The van der Waals surface area contributed by atoms with E-state index in [-0.39, 0.29) is 12.5 Å². The smallest absolute Gasteiger partial charge is 0.328 e. The topological polar surface area (TPSA) is 107 Å². The molecule has 1 heterocycles. The van der Waals surface area contributed by atoms with Gasteiger partial charge in [-0.05, 0) is 40.2 Å². The lowest BCUT2D eigenvalue weighted by atomic mass is 9.80. The molecule has 3 N–H and O–H groups in total. The maximum absolute atomic E-state index is 12.2. The van der Waals surface area contributed by atoms with E-state index >= 15 is 0 Å². The van der Waals surface area contributed by atoms with Gasteiger partial charge in [0.1, 0.15) is 6.10 Å². The molecule has 0 aromatic rings. The fourth-order valence-corrected chi connectivity index (χ4v) is 3.27. The average Bonchev–Trinajstić information content (AvgIpc) is 2.41. The molecule has 0 radical (unpaired) electrons. The molecular weight excluding hydrogens is 314 g/mol. The first-order chi connectivity index (χ1) is 10.8. The predicted molar refractivity (Wildman–Crippen MR) is 87.5 cm³/mol. The molecule has 0 amide bonds. The van der Waals surface area contributed by atoms with Crippen LogP contribution in [0.4, 0.5) is 0 Å². The summed E-state index contributed by atoms with van der Waals surface area (Å²) in [6.07, 6.45) is 1.76. The molecule has 1 aliphatic heterocycles. The summed E-state index contributed by atoms with van der Waals surface area (Å²) in [7, 11) is 0. The summed E-state index contributed by atoms with van der Waals surface area (Å²) in [4.78, 5) is 22.7. The van der Waals surface area contributed by atoms with Gasteiger partial charge in [-0.15, -0.1) is 0 Å². The molecular formula is C17H29NO6. The second-order valence-corrected chi connectivity index (χ2v) is 7.81. The van der Waals surface area contributed by atoms with Crippen molar-refractivity contribution in [2.24, 2.45) is 5.92 Å². The lowest BCUT2D eigenvalue weighted by Crippen LogP contribution is -2.60. The third-order valence-electron chi connectivity index (χ3n) is 4.34. The van der Waals surface area contributed by atoms with Gasteiger partial charge in [-0.2, -0.15) is 5.06 Å². The zero-order valence-electron chi connectivity index (χ0n) is 15.0. The number of aliphatic carboxylic acids is 1. The van der Waals surface area contributed by atoms with Crippen molar-refractivity contribution in [3.63, 3.8) is 0 Å². The minimum absolute atomic E-state index is 0.0915. The molecule has 24 heavy (non-hydrogen) atoms. The monoisotopic (exact) mass is 343 g/mol. The summed E-state index contributed by atoms with van der Waals surface area (Å²) in [6, 6.07) is 0. The molecule has 2 unspecified atom stereocenters. The van der Waals surface area contributed by atoms with Gasteiger partial charge in [-0.25, -0.2) is 4.79 Å². The van der Waals surface area contributed by atoms with E-state index in [4.69, 9.17) is 9.84 Å². The lowest BCUT2D eigenvalue weighted by Gasteiger charge is -2.51. The van der Waals surface area contributed by atoms with Crippen molar-refractivity contribution >= 4 is 11.9 Å². The van der Waals surface area contributed by atoms with Gasteiger partial charge in [-0.1, -0.05) is 6.92 Å². The average molecular weight is 343 g/mol. The van der Waals surface area contributed by atoms with Gasteiger partial charge in [0, 0.05) is 30.0 Å². The normalized spacial score (nSPS) is 23.8. The van der Waals surface area contributed by atoms with Crippen molar-refractivity contribution in [1.29, 1.82) is 0 Å². The van der Waals surface area contributed by atoms with Crippen LogP contribution in [0.5, 0.6) is 0 Å². The molecule has 1 fully saturated rings. The van der Waals surface area contributed by atoms with Gasteiger partial charge >= 0.3 is 11.9 Å². The summed E-state index contributed by atoms with van der Waals surface area (Å²) in [5.74, 6) is -2.14. The van der Waals surface area contributed by atoms with Gasteiger partial charge in [0.25, 0.3) is 0 Å². The zero-order chi connectivity index (χ0) is 18.7. The van der Waals surface area contributed by atoms with Crippen LogP contribution in [0.2, 0.25) is 0 Å². The summed E-state index contributed by atoms with van der Waals surface area (Å²) in [6.45, 7) is 9.19. The number of carboxylic acid groups (broad SMARTS) is 1. The van der Waals surface area contributed by atoms with E-state index in [1.165, 1.54) is 5.06 Å². The van der Waals surface area contributed by atoms with E-state index in [0.717, 1.165) is 12.2 Å². The number of rotatable bonds is 6. The Morgan fingerprint density at radius 3 is 2.21 bits per heavy atom. The zero-order valence-corrected chi connectivity index (χ0v) is 15.0. The predicted octanol–water partition coefficient (Wildman–Crippen LogP) is 1.97. The van der Waals surface area contributed by atoms with E-state index in [1.54, 1.807) is 6.92 Å². The molecule has 1 saturated heterocycles. The van der Waals surface area contributed by atoms with E-state index in [9.17, 15) is 19.9 Å². The number of esters is 1. The van der Waals surface area contributed by atoms with Gasteiger partial charge in [0.15, 0.2) is 0 Å². The molecule has 0 aromatic carbocycles. The third-order valence-corrected chi connectivity index (χ3v) is 4.34. The summed E-state index contributed by atoms with van der Waals surface area (Å²) in [5, 5.41) is 29.8. The maximum Gasteiger partial charge on any atom is 0.328 e. The first-order valence-corrected chi connectivity index (χ1v) is 8.14. The maximum atomic E-state index is 12.2. The molecule has 0 saturated carbocycles. The van der Waals surface area contributed by atoms with Crippen LogP contribution in [0.3, 0.4) is 0 Å². The van der Waals surface area contributed by atoms with Gasteiger partial charge in [0.05, 0.1) is 12.0 Å². The van der Waals surface area contributed by atoms with Crippen molar-refractivity contribution in [1.82, 2.24) is 5.06 Å². The van der Waals surface area contributed by atoms with E-state index in [2.05, 4.69) is 0 Å². The van der Waals surface area contributed by atoms with Crippen molar-refractivity contribution in [2.75, 3.05) is 0 Å². The Bertz CT molecular complexity index is 481. The first kappa shape index (κ1) is 20.6. The number of piperidine rings is 1. The number of hydrogen-bond acceptors (Lipinski definition) is 6. The Morgan fingerprint density at radius 2 is 1.75 bits per heavy atom. The Kier molecular flexibility index (Phi) is 6.55. The minimum atomic E-state index is -1.15. The Balaban J connectivity index is 2.62. The van der Waals surface area contributed by atoms with E-state index in [1.807, 2.05) is 27.7 Å². The largest absolute Gasteiger partial charge is 0.478 e. The number of hydroxylamine groups is 2. The second-order valence-electron chi connectivity index (χ2n) is 7.81. The standard InChI is InChI=1S/C17H29NO6/c1-11(8-12(19)6-7-14(20)21)15(22)24-13-9-16(2,3)18(23)17(4,5)10-13/h6-7,11-13,19,23H,8-10H2,1-5H3,(H,20,21). The van der Waals surface area contributed by atoms with Crippen LogP contribution in [-0.4, -0.2) is 55.7 Å². The molecule has 1 aliphatic rings. The Morgan fingerprint density at radius 1 is 1.25 bits per heavy atom. The number of ether oxygens (including phenoxy) is 1. The molecule has 0 spiro atoms. The highest BCUT2D eigenvalue weighted by Gasteiger charge is 2.46. The number of nitrogens with zero attached hydrogens (tertiary/aromatic N) is 1. The number of aliphatic hydroxyl groups is 1. The van der Waals surface area contributed by atoms with E-state index in [0.29, 0.717) is 12.8 Å². The molecule has 2 atom stereocenters. The fourth-order valence-electron chi connectivity index (χ4n) is 3.27. The Labute approximate surface area is 142 Å². The highest BCUT2D eigenvalue weighted by atomic mass is 16.5. The van der Waals surface area contributed by atoms with Gasteiger partial charge in [-0.3, -0.25) is 4.79 Å². The number of carboxylic acids is 1. The van der Waals surface area contributed by atoms with Gasteiger partial charge in [0.2, 0.25) is 0 Å². The van der Waals surface area contributed by atoms with Crippen LogP contribution in [0, 0.1) is 5.92 Å². The van der Waals surface area contributed by atoms with Crippen LogP contribution in [-0.2, 0) is 14.3 Å². The molecule has 0 bridgehead atoms. The number of hydrogen-bond donors (Lipinski definition) is 3. The first-order valence-electron chi connectivity index (χ1n) is 8.14. The lowest BCUT2D eigenvalue weighted by molar-refractivity contribution is -0.260.